The molecule has 2 heterocycles. The lowest BCUT2D eigenvalue weighted by Crippen LogP contribution is -2.33. The Morgan fingerprint density at radius 2 is 1.97 bits per heavy atom. The van der Waals surface area contributed by atoms with Crippen LogP contribution in [0.1, 0.15) is 50.6 Å². The van der Waals surface area contributed by atoms with Crippen LogP contribution < -0.4 is 15.6 Å². The SMILES string of the molecule is CCCCCCn1c(SCC(=O)NC2CCOc3ccccc32)nc2ccccc2c1=O. The Bertz CT molecular complexity index is 1140. The highest BCUT2D eigenvalue weighted by Crippen LogP contribution is 2.31. The molecule has 0 fully saturated rings. The third-order valence-electron chi connectivity index (χ3n) is 5.69. The zero-order valence-electron chi connectivity index (χ0n) is 18.4. The van der Waals surface area contributed by atoms with Gasteiger partial charge in [0.15, 0.2) is 5.16 Å². The molecular formula is C25H29N3O3S. The largest absolute Gasteiger partial charge is 0.493 e. The van der Waals surface area contributed by atoms with Gasteiger partial charge in [0.1, 0.15) is 5.75 Å². The molecule has 1 unspecified atom stereocenters. The fraction of sp³-hybridized carbons (Fsp3) is 0.400. The van der Waals surface area contributed by atoms with E-state index in [1.54, 1.807) is 4.57 Å². The normalized spacial score (nSPS) is 15.2. The number of aromatic nitrogens is 2. The number of carbonyl (C=O) groups is 1. The molecule has 1 aliphatic heterocycles. The zero-order valence-corrected chi connectivity index (χ0v) is 19.2. The second kappa shape index (κ2) is 10.7. The maximum Gasteiger partial charge on any atom is 0.262 e. The third-order valence-corrected chi connectivity index (χ3v) is 6.66. The lowest BCUT2D eigenvalue weighted by molar-refractivity contribution is -0.119. The van der Waals surface area contributed by atoms with Crippen LogP contribution in [0.2, 0.25) is 0 Å². The maximum absolute atomic E-state index is 13.1. The number of rotatable bonds is 9. The molecule has 1 N–H and O–H groups in total. The lowest BCUT2D eigenvalue weighted by Gasteiger charge is -2.26. The highest BCUT2D eigenvalue weighted by Gasteiger charge is 2.23. The van der Waals surface area contributed by atoms with Gasteiger partial charge in [0, 0.05) is 18.5 Å². The average Bonchev–Trinajstić information content (AvgIpc) is 2.82. The summed E-state index contributed by atoms with van der Waals surface area (Å²) in [4.78, 5) is 30.6. The lowest BCUT2D eigenvalue weighted by atomic mass is 10.0. The topological polar surface area (TPSA) is 73.2 Å². The number of benzene rings is 2. The second-order valence-corrected chi connectivity index (χ2v) is 8.96. The molecule has 2 aromatic carbocycles. The predicted octanol–water partition coefficient (Wildman–Crippen LogP) is 4.71. The molecular weight excluding hydrogens is 422 g/mol. The van der Waals surface area contributed by atoms with Crippen LogP contribution in [0.25, 0.3) is 10.9 Å². The van der Waals surface area contributed by atoms with Gasteiger partial charge in [-0.25, -0.2) is 4.98 Å². The van der Waals surface area contributed by atoms with Crippen molar-refractivity contribution in [2.45, 2.75) is 56.8 Å². The van der Waals surface area contributed by atoms with Crippen molar-refractivity contribution < 1.29 is 9.53 Å². The maximum atomic E-state index is 13.1. The zero-order chi connectivity index (χ0) is 22.3. The van der Waals surface area contributed by atoms with Crippen molar-refractivity contribution in [2.24, 2.45) is 0 Å². The minimum atomic E-state index is -0.0726. The van der Waals surface area contributed by atoms with Crippen LogP contribution in [-0.4, -0.2) is 27.8 Å². The summed E-state index contributed by atoms with van der Waals surface area (Å²) >= 11 is 1.33. The van der Waals surface area contributed by atoms with Crippen LogP contribution in [0.4, 0.5) is 0 Å². The number of unbranched alkanes of at least 4 members (excludes halogenated alkanes) is 3. The Labute approximate surface area is 192 Å². The first-order valence-electron chi connectivity index (χ1n) is 11.3. The first-order valence-corrected chi connectivity index (χ1v) is 12.3. The summed E-state index contributed by atoms with van der Waals surface area (Å²) < 4.78 is 7.42. The van der Waals surface area contributed by atoms with Gasteiger partial charge < -0.3 is 10.1 Å². The Kier molecular flexibility index (Phi) is 7.47. The van der Waals surface area contributed by atoms with Gasteiger partial charge in [-0.05, 0) is 24.6 Å². The molecule has 6 nitrogen and oxygen atoms in total. The summed E-state index contributed by atoms with van der Waals surface area (Å²) in [6.07, 6.45) is 5.02. The summed E-state index contributed by atoms with van der Waals surface area (Å²) in [5.41, 5.74) is 1.64. The average molecular weight is 452 g/mol. The number of ether oxygens (including phenoxy) is 1. The monoisotopic (exact) mass is 451 g/mol. The van der Waals surface area contributed by atoms with Gasteiger partial charge in [-0.15, -0.1) is 0 Å². The number of nitrogens with one attached hydrogen (secondary N) is 1. The number of hydrogen-bond donors (Lipinski definition) is 1. The van der Waals surface area contributed by atoms with Gasteiger partial charge >= 0.3 is 0 Å². The number of thioether (sulfide) groups is 1. The molecule has 0 bridgehead atoms. The van der Waals surface area contributed by atoms with Crippen molar-refractivity contribution in [3.05, 3.63) is 64.4 Å². The van der Waals surface area contributed by atoms with E-state index in [-0.39, 0.29) is 23.3 Å². The molecule has 1 aromatic heterocycles. The number of amides is 1. The van der Waals surface area contributed by atoms with Gasteiger partial charge in [0.05, 0.1) is 29.3 Å². The number of nitrogens with zero attached hydrogens (tertiary/aromatic N) is 2. The molecule has 0 spiro atoms. The highest BCUT2D eigenvalue weighted by atomic mass is 32.2. The van der Waals surface area contributed by atoms with Crippen molar-refractivity contribution in [1.29, 1.82) is 0 Å². The van der Waals surface area contributed by atoms with E-state index in [0.29, 0.717) is 29.2 Å². The Morgan fingerprint density at radius 3 is 2.84 bits per heavy atom. The first-order chi connectivity index (χ1) is 15.7. The molecule has 3 aromatic rings. The Balaban J connectivity index is 1.48. The van der Waals surface area contributed by atoms with E-state index in [0.717, 1.165) is 43.4 Å². The van der Waals surface area contributed by atoms with Crippen LogP contribution in [0.5, 0.6) is 5.75 Å². The molecule has 0 radical (unpaired) electrons. The van der Waals surface area contributed by atoms with Gasteiger partial charge in [-0.1, -0.05) is 68.3 Å². The Morgan fingerprint density at radius 1 is 1.16 bits per heavy atom. The minimum absolute atomic E-state index is 0.0339. The summed E-state index contributed by atoms with van der Waals surface area (Å²) in [5.74, 6) is 0.963. The number of carbonyl (C=O) groups excluding carboxylic acids is 1. The van der Waals surface area contributed by atoms with Gasteiger partial charge in [0.25, 0.3) is 5.56 Å². The van der Waals surface area contributed by atoms with Crippen LogP contribution in [0.15, 0.2) is 58.5 Å². The number of hydrogen-bond acceptors (Lipinski definition) is 5. The summed E-state index contributed by atoms with van der Waals surface area (Å²) in [7, 11) is 0. The second-order valence-electron chi connectivity index (χ2n) is 8.01. The van der Waals surface area contributed by atoms with Crippen molar-refractivity contribution in [3.8, 4) is 5.75 Å². The van der Waals surface area contributed by atoms with Crippen LogP contribution in [-0.2, 0) is 11.3 Å². The molecule has 1 aliphatic rings. The van der Waals surface area contributed by atoms with Gasteiger partial charge in [-0.2, -0.15) is 0 Å². The van der Waals surface area contributed by atoms with Crippen molar-refractivity contribution in [3.63, 3.8) is 0 Å². The van der Waals surface area contributed by atoms with Crippen molar-refractivity contribution in [1.82, 2.24) is 14.9 Å². The van der Waals surface area contributed by atoms with Crippen LogP contribution in [0, 0.1) is 0 Å². The van der Waals surface area contributed by atoms with E-state index in [4.69, 9.17) is 9.72 Å². The number of fused-ring (bicyclic) bond motifs is 2. The summed E-state index contributed by atoms with van der Waals surface area (Å²) in [6, 6.07) is 15.2. The van der Waals surface area contributed by atoms with Crippen molar-refractivity contribution in [2.75, 3.05) is 12.4 Å². The molecule has 7 heteroatoms. The predicted molar refractivity (Wildman–Crippen MR) is 128 cm³/mol. The van der Waals surface area contributed by atoms with E-state index in [1.807, 2.05) is 48.5 Å². The van der Waals surface area contributed by atoms with Crippen molar-refractivity contribution >= 4 is 28.6 Å². The van der Waals surface area contributed by atoms with E-state index in [9.17, 15) is 9.59 Å². The summed E-state index contributed by atoms with van der Waals surface area (Å²) in [6.45, 7) is 3.37. The van der Waals surface area contributed by atoms with Crippen LogP contribution in [0.3, 0.4) is 0 Å². The van der Waals surface area contributed by atoms with E-state index in [2.05, 4.69) is 12.2 Å². The van der Waals surface area contributed by atoms with E-state index < -0.39 is 0 Å². The quantitative estimate of drug-likeness (QED) is 0.290. The molecule has 32 heavy (non-hydrogen) atoms. The minimum Gasteiger partial charge on any atom is -0.493 e. The molecule has 0 saturated heterocycles. The Hall–Kier alpha value is -2.80. The van der Waals surface area contributed by atoms with Gasteiger partial charge in [-0.3, -0.25) is 14.2 Å². The molecule has 168 valence electrons. The molecule has 4 rings (SSSR count). The standard InChI is InChI=1S/C25H29N3O3S/c1-2-3-4-9-15-28-24(30)19-11-5-7-12-20(19)27-25(28)32-17-23(29)26-21-14-16-31-22-13-8-6-10-18(21)22/h5-8,10-13,21H,2-4,9,14-17H2,1H3,(H,26,29). The van der Waals surface area contributed by atoms with E-state index in [1.165, 1.54) is 11.8 Å². The van der Waals surface area contributed by atoms with Gasteiger partial charge in [0.2, 0.25) is 5.91 Å². The third kappa shape index (κ3) is 5.15. The van der Waals surface area contributed by atoms with Crippen LogP contribution >= 0.6 is 11.8 Å². The smallest absolute Gasteiger partial charge is 0.262 e. The molecule has 1 atom stereocenters. The molecule has 1 amide bonds. The fourth-order valence-corrected chi connectivity index (χ4v) is 4.85. The highest BCUT2D eigenvalue weighted by molar-refractivity contribution is 7.99. The fourth-order valence-electron chi connectivity index (χ4n) is 4.01. The number of para-hydroxylation sites is 2. The first kappa shape index (κ1) is 22.4. The summed E-state index contributed by atoms with van der Waals surface area (Å²) in [5, 5.41) is 4.35. The molecule has 0 saturated carbocycles. The molecule has 0 aliphatic carbocycles. The van der Waals surface area contributed by atoms with E-state index >= 15 is 0 Å².